The fourth-order valence-corrected chi connectivity index (χ4v) is 5.15. The fourth-order valence-electron chi connectivity index (χ4n) is 3.51. The van der Waals surface area contributed by atoms with E-state index < -0.39 is 23.0 Å². The van der Waals surface area contributed by atoms with Crippen LogP contribution in [0.1, 0.15) is 38.7 Å². The number of thioether (sulfide) groups is 1. The van der Waals surface area contributed by atoms with E-state index >= 15 is 0 Å². The van der Waals surface area contributed by atoms with Gasteiger partial charge in [0.25, 0.3) is 5.91 Å². The van der Waals surface area contributed by atoms with Crippen molar-refractivity contribution in [2.75, 3.05) is 12.3 Å². The maximum absolute atomic E-state index is 12.7. The smallest absolute Gasteiger partial charge is 0.330 e. The van der Waals surface area contributed by atoms with Crippen molar-refractivity contribution in [3.63, 3.8) is 0 Å². The highest BCUT2D eigenvalue weighted by molar-refractivity contribution is 8.00. The number of esters is 1. The number of nitrogens with zero attached hydrogens (tertiary/aromatic N) is 1. The number of carbonyl (C=O) groups is 3. The normalized spacial score (nSPS) is 25.7. The number of hydrogen-bond acceptors (Lipinski definition) is 5. The molecule has 0 bridgehead atoms. The van der Waals surface area contributed by atoms with Crippen LogP contribution < -0.4 is 5.32 Å². The molecule has 0 saturated carbocycles. The molecule has 1 aromatic rings. The Bertz CT molecular complexity index is 696. The average Bonchev–Trinajstić information content (AvgIpc) is 3.20. The zero-order valence-corrected chi connectivity index (χ0v) is 15.9. The van der Waals surface area contributed by atoms with Crippen LogP contribution in [0.2, 0.25) is 0 Å². The van der Waals surface area contributed by atoms with Gasteiger partial charge in [0.15, 0.2) is 6.10 Å². The molecule has 7 heteroatoms. The number of amides is 2. The molecule has 2 aliphatic rings. The van der Waals surface area contributed by atoms with Gasteiger partial charge in [-0.2, -0.15) is 0 Å². The van der Waals surface area contributed by atoms with E-state index in [1.807, 2.05) is 37.3 Å². The molecule has 2 saturated heterocycles. The standard InChI is InChI=1S/C19H24N2O4S/c1-3-11-20-17(23)13(2)25-18(24)15-12-26-19(10-9-16(22)21(15)19)14-7-5-4-6-8-14/h4-8,13,15H,3,9-12H2,1-2H3,(H,20,23)/t13-,15+,19-/m1/s1. The van der Waals surface area contributed by atoms with Crippen LogP contribution in [0.4, 0.5) is 0 Å². The van der Waals surface area contributed by atoms with Crippen LogP contribution >= 0.6 is 11.8 Å². The molecule has 6 nitrogen and oxygen atoms in total. The van der Waals surface area contributed by atoms with Crippen molar-refractivity contribution in [3.8, 4) is 0 Å². The zero-order valence-electron chi connectivity index (χ0n) is 15.1. The van der Waals surface area contributed by atoms with Crippen LogP contribution in [0, 0.1) is 0 Å². The summed E-state index contributed by atoms with van der Waals surface area (Å²) in [5, 5.41) is 2.71. The van der Waals surface area contributed by atoms with Crippen LogP contribution in [0.3, 0.4) is 0 Å². The summed E-state index contributed by atoms with van der Waals surface area (Å²) in [6.07, 6.45) is 1.03. The van der Waals surface area contributed by atoms with Gasteiger partial charge in [0, 0.05) is 18.7 Å². The molecule has 1 aromatic carbocycles. The molecular weight excluding hydrogens is 352 g/mol. The van der Waals surface area contributed by atoms with Gasteiger partial charge in [-0.3, -0.25) is 9.59 Å². The van der Waals surface area contributed by atoms with Crippen molar-refractivity contribution in [3.05, 3.63) is 35.9 Å². The fraction of sp³-hybridized carbons (Fsp3) is 0.526. The highest BCUT2D eigenvalue weighted by atomic mass is 32.2. The zero-order chi connectivity index (χ0) is 18.7. The minimum atomic E-state index is -0.872. The van der Waals surface area contributed by atoms with E-state index in [1.54, 1.807) is 23.6 Å². The Hall–Kier alpha value is -2.02. The lowest BCUT2D eigenvalue weighted by Gasteiger charge is -2.33. The highest BCUT2D eigenvalue weighted by Crippen LogP contribution is 2.54. The molecule has 2 fully saturated rings. The maximum atomic E-state index is 12.7. The molecule has 0 aliphatic carbocycles. The Balaban J connectivity index is 1.74. The van der Waals surface area contributed by atoms with Crippen molar-refractivity contribution >= 4 is 29.5 Å². The third-order valence-corrected chi connectivity index (χ3v) is 6.43. The van der Waals surface area contributed by atoms with Gasteiger partial charge in [-0.25, -0.2) is 4.79 Å². The number of ether oxygens (including phenoxy) is 1. The van der Waals surface area contributed by atoms with E-state index in [4.69, 9.17) is 4.74 Å². The lowest BCUT2D eigenvalue weighted by atomic mass is 10.0. The molecule has 2 heterocycles. The number of benzene rings is 1. The minimum absolute atomic E-state index is 0.0381. The molecule has 2 amide bonds. The Morgan fingerprint density at radius 1 is 1.38 bits per heavy atom. The van der Waals surface area contributed by atoms with E-state index in [0.717, 1.165) is 12.0 Å². The lowest BCUT2D eigenvalue weighted by Crippen LogP contribution is -2.48. The van der Waals surface area contributed by atoms with Crippen LogP contribution in [-0.4, -0.2) is 47.1 Å². The highest BCUT2D eigenvalue weighted by Gasteiger charge is 2.57. The first-order chi connectivity index (χ1) is 12.5. The van der Waals surface area contributed by atoms with E-state index in [2.05, 4.69) is 5.32 Å². The molecular formula is C19H24N2O4S. The topological polar surface area (TPSA) is 75.7 Å². The predicted octanol–water partition coefficient (Wildman–Crippen LogP) is 2.04. The molecule has 0 spiro atoms. The molecule has 3 rings (SSSR count). The molecule has 0 aromatic heterocycles. The largest absolute Gasteiger partial charge is 0.451 e. The SMILES string of the molecule is CCCNC(=O)[C@@H](C)OC(=O)[C@@H]1CS[C@@]2(c3ccccc3)CCC(=O)N12. The van der Waals surface area contributed by atoms with Crippen molar-refractivity contribution in [2.45, 2.75) is 50.1 Å². The third kappa shape index (κ3) is 3.32. The summed E-state index contributed by atoms with van der Waals surface area (Å²) in [6.45, 7) is 4.05. The van der Waals surface area contributed by atoms with Crippen molar-refractivity contribution in [2.24, 2.45) is 0 Å². The van der Waals surface area contributed by atoms with Crippen LogP contribution in [0.25, 0.3) is 0 Å². The summed E-state index contributed by atoms with van der Waals surface area (Å²) >= 11 is 1.61. The number of rotatable bonds is 6. The molecule has 0 unspecified atom stereocenters. The summed E-state index contributed by atoms with van der Waals surface area (Å²) in [5.74, 6) is -0.385. The second-order valence-corrected chi connectivity index (χ2v) is 7.91. The second kappa shape index (κ2) is 7.70. The van der Waals surface area contributed by atoms with Gasteiger partial charge in [-0.05, 0) is 25.3 Å². The molecule has 140 valence electrons. The first kappa shape index (κ1) is 18.8. The van der Waals surface area contributed by atoms with E-state index in [1.165, 1.54) is 0 Å². The van der Waals surface area contributed by atoms with Crippen LogP contribution in [0.5, 0.6) is 0 Å². The summed E-state index contributed by atoms with van der Waals surface area (Å²) in [5.41, 5.74) is 1.03. The quantitative estimate of drug-likeness (QED) is 0.769. The monoisotopic (exact) mass is 376 g/mol. The summed E-state index contributed by atoms with van der Waals surface area (Å²) in [7, 11) is 0. The number of fused-ring (bicyclic) bond motifs is 1. The lowest BCUT2D eigenvalue weighted by molar-refractivity contribution is -0.161. The Morgan fingerprint density at radius 2 is 2.12 bits per heavy atom. The van der Waals surface area contributed by atoms with Gasteiger partial charge in [-0.1, -0.05) is 37.3 Å². The van der Waals surface area contributed by atoms with E-state index in [-0.39, 0.29) is 11.8 Å². The predicted molar refractivity (Wildman–Crippen MR) is 99.3 cm³/mol. The van der Waals surface area contributed by atoms with Crippen LogP contribution in [0.15, 0.2) is 30.3 Å². The summed E-state index contributed by atoms with van der Waals surface area (Å²) in [6, 6.07) is 9.15. The molecule has 26 heavy (non-hydrogen) atoms. The average molecular weight is 376 g/mol. The molecule has 0 radical (unpaired) electrons. The number of carbonyl (C=O) groups excluding carboxylic acids is 3. The Kier molecular flexibility index (Phi) is 5.55. The summed E-state index contributed by atoms with van der Waals surface area (Å²) in [4.78, 5) is 38.3. The second-order valence-electron chi connectivity index (χ2n) is 6.61. The molecule has 2 aliphatic heterocycles. The maximum Gasteiger partial charge on any atom is 0.330 e. The van der Waals surface area contributed by atoms with Gasteiger partial charge in [-0.15, -0.1) is 11.8 Å². The third-order valence-electron chi connectivity index (χ3n) is 4.84. The summed E-state index contributed by atoms with van der Waals surface area (Å²) < 4.78 is 5.37. The van der Waals surface area contributed by atoms with Gasteiger partial charge in [0.2, 0.25) is 5.91 Å². The van der Waals surface area contributed by atoms with Crippen molar-refractivity contribution in [1.82, 2.24) is 10.2 Å². The van der Waals surface area contributed by atoms with E-state index in [0.29, 0.717) is 25.1 Å². The minimum Gasteiger partial charge on any atom is -0.451 e. The first-order valence-electron chi connectivity index (χ1n) is 8.99. The van der Waals surface area contributed by atoms with E-state index in [9.17, 15) is 14.4 Å². The first-order valence-corrected chi connectivity index (χ1v) is 9.98. The van der Waals surface area contributed by atoms with Crippen molar-refractivity contribution in [1.29, 1.82) is 0 Å². The van der Waals surface area contributed by atoms with Crippen molar-refractivity contribution < 1.29 is 19.1 Å². The van der Waals surface area contributed by atoms with Crippen LogP contribution in [-0.2, 0) is 24.0 Å². The van der Waals surface area contributed by atoms with Gasteiger partial charge in [0.1, 0.15) is 10.9 Å². The Labute approximate surface area is 157 Å². The molecule has 1 N–H and O–H groups in total. The Morgan fingerprint density at radius 3 is 2.81 bits per heavy atom. The number of nitrogens with one attached hydrogen (secondary N) is 1. The van der Waals surface area contributed by atoms with Gasteiger partial charge in [0.05, 0.1) is 0 Å². The van der Waals surface area contributed by atoms with Gasteiger partial charge < -0.3 is 15.0 Å². The molecule has 3 atom stereocenters. The number of hydrogen-bond donors (Lipinski definition) is 1. The van der Waals surface area contributed by atoms with Gasteiger partial charge >= 0.3 is 5.97 Å².